The smallest absolute Gasteiger partial charge is 0.254 e. The van der Waals surface area contributed by atoms with Gasteiger partial charge < -0.3 is 48.2 Å². The molecule has 8 aromatic rings. The molecule has 0 spiro atoms. The molecule has 2 N–H and O–H groups in total. The molecule has 17 heteroatoms. The third-order valence-electron chi connectivity index (χ3n) is 17.2. The molecule has 2 saturated carbocycles. The summed E-state index contributed by atoms with van der Waals surface area (Å²) < 4.78 is 20.8. The summed E-state index contributed by atoms with van der Waals surface area (Å²) in [5, 5.41) is 9.60. The molecule has 4 aliphatic heterocycles. The Bertz CT molecular complexity index is 3510. The summed E-state index contributed by atoms with van der Waals surface area (Å²) in [6, 6.07) is 16.9. The van der Waals surface area contributed by atoms with E-state index in [2.05, 4.69) is 63.1 Å². The van der Waals surface area contributed by atoms with Crippen LogP contribution in [0.4, 0.5) is 0 Å². The van der Waals surface area contributed by atoms with Crippen molar-refractivity contribution in [2.75, 3.05) is 46.9 Å². The molecule has 14 rings (SSSR count). The number of piperidine rings is 2. The molecule has 2 amide bonds. The zero-order valence-corrected chi connectivity index (χ0v) is 41.5. The van der Waals surface area contributed by atoms with Crippen molar-refractivity contribution >= 4 is 55.9 Å². The Balaban J connectivity index is 0.723. The maximum absolute atomic E-state index is 14.5. The minimum atomic E-state index is -0.0156. The molecule has 0 radical (unpaired) electrons. The molecule has 10 heterocycles. The van der Waals surface area contributed by atoms with E-state index in [0.29, 0.717) is 65.4 Å². The lowest BCUT2D eigenvalue weighted by Gasteiger charge is -2.35. The van der Waals surface area contributed by atoms with Gasteiger partial charge in [-0.15, -0.1) is 0 Å². The van der Waals surface area contributed by atoms with E-state index in [-0.39, 0.29) is 23.9 Å². The number of fused-ring (bicyclic) bond motifs is 6. The van der Waals surface area contributed by atoms with Crippen LogP contribution < -0.4 is 20.1 Å². The van der Waals surface area contributed by atoms with Crippen molar-refractivity contribution in [3.63, 3.8) is 0 Å². The molecule has 2 aliphatic carbocycles. The Labute approximate surface area is 416 Å². The van der Waals surface area contributed by atoms with Crippen LogP contribution in [0.3, 0.4) is 0 Å². The van der Waals surface area contributed by atoms with Crippen LogP contribution in [-0.4, -0.2) is 124 Å². The molecular weight excluding hydrogens is 907 g/mol. The number of nitrogens with one attached hydrogen (secondary N) is 2. The van der Waals surface area contributed by atoms with Crippen LogP contribution >= 0.6 is 0 Å². The van der Waals surface area contributed by atoms with Gasteiger partial charge in [-0.25, -0.2) is 24.9 Å². The molecule has 370 valence electrons. The lowest BCUT2D eigenvalue weighted by atomic mass is 9.90. The van der Waals surface area contributed by atoms with Gasteiger partial charge in [0.05, 0.1) is 48.4 Å². The number of aromatic nitrogens is 9. The summed E-state index contributed by atoms with van der Waals surface area (Å²) in [7, 11) is 7.38. The topological polar surface area (TPSA) is 167 Å². The molecule has 4 saturated heterocycles. The van der Waals surface area contributed by atoms with Gasteiger partial charge in [0, 0.05) is 93.5 Å². The molecule has 1 unspecified atom stereocenters. The average molecular weight is 968 g/mol. The largest absolute Gasteiger partial charge is 0.494 e. The van der Waals surface area contributed by atoms with Crippen LogP contribution in [0.5, 0.6) is 11.5 Å². The average Bonchev–Trinajstić information content (AvgIpc) is 4.06. The van der Waals surface area contributed by atoms with Gasteiger partial charge in [-0.05, 0) is 130 Å². The first kappa shape index (κ1) is 43.9. The van der Waals surface area contributed by atoms with E-state index < -0.39 is 0 Å². The number of amides is 2. The van der Waals surface area contributed by atoms with Crippen LogP contribution in [0.2, 0.25) is 0 Å². The summed E-state index contributed by atoms with van der Waals surface area (Å²) in [5.41, 5.74) is 9.25. The summed E-state index contributed by atoms with van der Waals surface area (Å²) in [5.74, 6) is 5.21. The van der Waals surface area contributed by atoms with Crippen LogP contribution in [0.1, 0.15) is 83.8 Å². The quantitative estimate of drug-likeness (QED) is 0.136. The summed E-state index contributed by atoms with van der Waals surface area (Å²) >= 11 is 0. The Morgan fingerprint density at radius 3 is 1.89 bits per heavy atom. The number of ether oxygens (including phenoxy) is 2. The Kier molecular flexibility index (Phi) is 10.3. The van der Waals surface area contributed by atoms with Gasteiger partial charge in [0.15, 0.2) is 11.6 Å². The predicted octanol–water partition coefficient (Wildman–Crippen LogP) is 7.11. The third kappa shape index (κ3) is 7.27. The van der Waals surface area contributed by atoms with Crippen molar-refractivity contribution in [3.05, 3.63) is 77.9 Å². The highest BCUT2D eigenvalue weighted by atomic mass is 16.5. The number of likely N-dealkylation sites (tertiary alicyclic amines) is 2. The van der Waals surface area contributed by atoms with Crippen molar-refractivity contribution in [3.8, 4) is 34.5 Å². The predicted molar refractivity (Wildman–Crippen MR) is 274 cm³/mol. The standard InChI is InChI=1S/C55H61N13O4/c1-63-48-40(18-35(22-46(48)71-3)54(69)65-15-12-32-11-14-57-42(32)27-65)61-52(63)44-20-34-9-10-38(60-51(34)68(44)26-31-7-8-31)39-17-33-13-16-66(28-43(33)59-39)55(70)36-19-41-49(47(23-36)72-4)64(2)53(62-41)45-21-37-24-56-29-58-50(37)67(45)25-30-5-6-30/h9-10,18-24,29-33,39,42-43,57,59H,5-8,11-17,25-28H2,1-4H3/t32-,33-,39?,42+,43-/m0/s1. The van der Waals surface area contributed by atoms with E-state index >= 15 is 0 Å². The molecule has 72 heavy (non-hydrogen) atoms. The zero-order chi connectivity index (χ0) is 48.5. The number of aryl methyl sites for hydroxylation is 2. The lowest BCUT2D eigenvalue weighted by molar-refractivity contribution is 0.0662. The molecule has 6 fully saturated rings. The summed E-state index contributed by atoms with van der Waals surface area (Å²) in [6.07, 6.45) is 12.4. The van der Waals surface area contributed by atoms with Gasteiger partial charge in [0.1, 0.15) is 40.2 Å². The maximum atomic E-state index is 14.5. The lowest BCUT2D eigenvalue weighted by Crippen LogP contribution is -2.48. The fourth-order valence-electron chi connectivity index (χ4n) is 12.9. The van der Waals surface area contributed by atoms with Crippen molar-refractivity contribution in [1.82, 2.24) is 63.6 Å². The Morgan fingerprint density at radius 2 is 1.26 bits per heavy atom. The van der Waals surface area contributed by atoms with E-state index in [1.165, 1.54) is 32.1 Å². The number of rotatable bonds is 11. The second kappa shape index (κ2) is 16.9. The first-order valence-corrected chi connectivity index (χ1v) is 26.1. The third-order valence-corrected chi connectivity index (χ3v) is 17.2. The summed E-state index contributed by atoms with van der Waals surface area (Å²) in [6.45, 7) is 5.57. The molecular formula is C55H61N13O4. The summed E-state index contributed by atoms with van der Waals surface area (Å²) in [4.78, 5) is 57.4. The SMILES string of the molecule is COc1cc(C(=O)N2CC[C@H]3CC(c4ccc5cc(-c6nc7cc(C(=O)N8CC[C@@H]9CCN[C@@H]9C8)cc(OC)c7n6C)n(CC6CC6)c5n4)N[C@H]3C2)cc2nc(-c3cc4cncnc4n3CC3CC3)n(C)c12. The first-order chi connectivity index (χ1) is 35.2. The highest BCUT2D eigenvalue weighted by Gasteiger charge is 2.41. The number of carbonyl (C=O) groups excluding carboxylic acids is 2. The molecule has 6 aliphatic rings. The number of carbonyl (C=O) groups is 2. The van der Waals surface area contributed by atoms with Gasteiger partial charge in [-0.1, -0.05) is 0 Å². The number of pyridine rings is 1. The first-order valence-electron chi connectivity index (χ1n) is 26.1. The zero-order valence-electron chi connectivity index (χ0n) is 41.5. The fourth-order valence-corrected chi connectivity index (χ4v) is 12.9. The molecule has 17 nitrogen and oxygen atoms in total. The highest BCUT2D eigenvalue weighted by molar-refractivity contribution is 6.01. The van der Waals surface area contributed by atoms with Crippen molar-refractivity contribution in [2.45, 2.75) is 82.6 Å². The number of nitrogens with zero attached hydrogens (tertiary/aromatic N) is 11. The van der Waals surface area contributed by atoms with E-state index in [9.17, 15) is 9.59 Å². The number of imidazole rings is 2. The number of methoxy groups -OCH3 is 2. The van der Waals surface area contributed by atoms with Crippen molar-refractivity contribution < 1.29 is 19.1 Å². The highest BCUT2D eigenvalue weighted by Crippen LogP contribution is 2.42. The fraction of sp³-hybridized carbons (Fsp3) is 0.473. The number of benzene rings is 2. The van der Waals surface area contributed by atoms with E-state index in [4.69, 9.17) is 24.4 Å². The van der Waals surface area contributed by atoms with Gasteiger partial charge in [-0.3, -0.25) is 9.59 Å². The van der Waals surface area contributed by atoms with Gasteiger partial charge in [0.2, 0.25) is 0 Å². The second-order valence-electron chi connectivity index (χ2n) is 21.7. The second-order valence-corrected chi connectivity index (χ2v) is 21.7. The number of hydrogen-bond acceptors (Lipinski definition) is 11. The van der Waals surface area contributed by atoms with Gasteiger partial charge in [-0.2, -0.15) is 0 Å². The van der Waals surface area contributed by atoms with Gasteiger partial charge >= 0.3 is 0 Å². The van der Waals surface area contributed by atoms with E-state index in [1.807, 2.05) is 54.4 Å². The van der Waals surface area contributed by atoms with Crippen LogP contribution in [-0.2, 0) is 27.2 Å². The van der Waals surface area contributed by atoms with Crippen molar-refractivity contribution in [2.24, 2.45) is 37.8 Å². The van der Waals surface area contributed by atoms with Crippen LogP contribution in [0, 0.1) is 23.7 Å². The van der Waals surface area contributed by atoms with E-state index in [0.717, 1.165) is 125 Å². The minimum Gasteiger partial charge on any atom is -0.494 e. The van der Waals surface area contributed by atoms with E-state index in [1.54, 1.807) is 20.5 Å². The van der Waals surface area contributed by atoms with Crippen LogP contribution in [0.15, 0.2) is 61.1 Å². The van der Waals surface area contributed by atoms with Crippen LogP contribution in [0.25, 0.3) is 67.2 Å². The molecule has 0 bridgehead atoms. The molecule has 5 atom stereocenters. The number of hydrogen-bond donors (Lipinski definition) is 2. The maximum Gasteiger partial charge on any atom is 0.254 e. The van der Waals surface area contributed by atoms with Crippen molar-refractivity contribution in [1.29, 1.82) is 0 Å². The Hall–Kier alpha value is -6.85. The normalized spacial score (nSPS) is 23.2. The van der Waals surface area contributed by atoms with Gasteiger partial charge in [0.25, 0.3) is 11.8 Å². The molecule has 2 aromatic carbocycles. The minimum absolute atomic E-state index is 0.0156. The monoisotopic (exact) mass is 967 g/mol. The molecule has 6 aromatic heterocycles. The Morgan fingerprint density at radius 1 is 0.667 bits per heavy atom.